The summed E-state index contributed by atoms with van der Waals surface area (Å²) in [5, 5.41) is 8.94. The van der Waals surface area contributed by atoms with Crippen LogP contribution in [0, 0.1) is 17.2 Å². The molecule has 1 aromatic heterocycles. The lowest BCUT2D eigenvalue weighted by molar-refractivity contribution is 0.550. The van der Waals surface area contributed by atoms with Gasteiger partial charge in [-0.3, -0.25) is 0 Å². The van der Waals surface area contributed by atoms with E-state index < -0.39 is 0 Å². The fourth-order valence-corrected chi connectivity index (χ4v) is 2.95. The maximum absolute atomic E-state index is 8.73. The summed E-state index contributed by atoms with van der Waals surface area (Å²) in [6.45, 7) is 1.06. The summed E-state index contributed by atoms with van der Waals surface area (Å²) in [6.07, 6.45) is 5.49. The standard InChI is InChI=1S/C11H11ClN4/c12-11-9(4-13)14-5-10(15-11)16-6-7-1-2-8(16)3-7/h5,7-8H,1-3,6H2. The minimum atomic E-state index is 0.203. The number of fused-ring (bicyclic) bond motifs is 2. The molecular weight excluding hydrogens is 224 g/mol. The van der Waals surface area contributed by atoms with Crippen molar-refractivity contribution < 1.29 is 0 Å². The molecule has 1 saturated heterocycles. The zero-order valence-electron chi connectivity index (χ0n) is 8.73. The van der Waals surface area contributed by atoms with E-state index in [2.05, 4.69) is 14.9 Å². The van der Waals surface area contributed by atoms with Crippen LogP contribution in [0.2, 0.25) is 5.15 Å². The van der Waals surface area contributed by atoms with Crippen LogP contribution in [0.25, 0.3) is 0 Å². The molecule has 82 valence electrons. The van der Waals surface area contributed by atoms with Crippen molar-refractivity contribution >= 4 is 17.4 Å². The van der Waals surface area contributed by atoms with Crippen LogP contribution in [-0.4, -0.2) is 22.6 Å². The molecule has 3 rings (SSSR count). The lowest BCUT2D eigenvalue weighted by atomic mass is 10.1. The summed E-state index contributed by atoms with van der Waals surface area (Å²) in [5.74, 6) is 1.62. The first kappa shape index (κ1) is 9.86. The lowest BCUT2D eigenvalue weighted by Crippen LogP contribution is -2.32. The van der Waals surface area contributed by atoms with Crippen LogP contribution in [0.4, 0.5) is 5.82 Å². The minimum absolute atomic E-state index is 0.203. The Morgan fingerprint density at radius 1 is 1.50 bits per heavy atom. The van der Waals surface area contributed by atoms with Crippen LogP contribution in [-0.2, 0) is 0 Å². The van der Waals surface area contributed by atoms with Gasteiger partial charge in [0.05, 0.1) is 6.20 Å². The van der Waals surface area contributed by atoms with Crippen molar-refractivity contribution in [3.05, 3.63) is 17.0 Å². The molecule has 16 heavy (non-hydrogen) atoms. The van der Waals surface area contributed by atoms with Gasteiger partial charge in [0.1, 0.15) is 11.9 Å². The van der Waals surface area contributed by atoms with Gasteiger partial charge in [0, 0.05) is 12.6 Å². The summed E-state index contributed by atoms with van der Waals surface area (Å²) in [5.41, 5.74) is 0.203. The molecule has 5 heteroatoms. The Morgan fingerprint density at radius 3 is 2.94 bits per heavy atom. The third-order valence-electron chi connectivity index (χ3n) is 3.53. The molecule has 2 unspecified atom stereocenters. The third kappa shape index (κ3) is 1.43. The largest absolute Gasteiger partial charge is 0.352 e. The Balaban J connectivity index is 1.91. The van der Waals surface area contributed by atoms with Gasteiger partial charge >= 0.3 is 0 Å². The molecule has 1 aromatic rings. The van der Waals surface area contributed by atoms with Crippen molar-refractivity contribution in [1.82, 2.24) is 9.97 Å². The monoisotopic (exact) mass is 234 g/mol. The molecule has 2 fully saturated rings. The smallest absolute Gasteiger partial charge is 0.178 e. The first-order valence-corrected chi connectivity index (χ1v) is 5.85. The van der Waals surface area contributed by atoms with Crippen molar-refractivity contribution in [1.29, 1.82) is 5.26 Å². The summed E-state index contributed by atoms with van der Waals surface area (Å²) in [4.78, 5) is 10.6. The second-order valence-corrected chi connectivity index (χ2v) is 4.82. The first-order valence-electron chi connectivity index (χ1n) is 5.47. The van der Waals surface area contributed by atoms with Gasteiger partial charge in [-0.2, -0.15) is 5.26 Å². The van der Waals surface area contributed by atoms with Gasteiger partial charge in [-0.15, -0.1) is 0 Å². The van der Waals surface area contributed by atoms with Gasteiger partial charge in [-0.25, -0.2) is 9.97 Å². The SMILES string of the molecule is N#Cc1ncc(N2CC3CCC2C3)nc1Cl. The zero-order valence-corrected chi connectivity index (χ0v) is 9.48. The average molecular weight is 235 g/mol. The Morgan fingerprint density at radius 2 is 2.38 bits per heavy atom. The van der Waals surface area contributed by atoms with E-state index in [4.69, 9.17) is 16.9 Å². The number of piperidine rings is 1. The van der Waals surface area contributed by atoms with Crippen LogP contribution in [0.3, 0.4) is 0 Å². The lowest BCUT2D eigenvalue weighted by Gasteiger charge is -2.27. The normalized spacial score (nSPS) is 27.1. The highest BCUT2D eigenvalue weighted by Crippen LogP contribution is 2.39. The molecule has 0 radical (unpaired) electrons. The second-order valence-electron chi connectivity index (χ2n) is 4.46. The highest BCUT2D eigenvalue weighted by Gasteiger charge is 2.38. The maximum Gasteiger partial charge on any atom is 0.178 e. The number of hydrogen-bond acceptors (Lipinski definition) is 4. The molecule has 2 aliphatic rings. The number of nitriles is 1. The van der Waals surface area contributed by atoms with E-state index in [9.17, 15) is 0 Å². The van der Waals surface area contributed by atoms with Crippen molar-refractivity contribution in [2.75, 3.05) is 11.4 Å². The number of hydrogen-bond donors (Lipinski definition) is 0. The third-order valence-corrected chi connectivity index (χ3v) is 3.79. The molecule has 2 bridgehead atoms. The zero-order chi connectivity index (χ0) is 11.1. The molecule has 1 aliphatic heterocycles. The van der Waals surface area contributed by atoms with Crippen LogP contribution in [0.15, 0.2) is 6.20 Å². The Bertz CT molecular complexity index is 468. The highest BCUT2D eigenvalue weighted by molar-refractivity contribution is 6.30. The maximum atomic E-state index is 8.73. The molecule has 0 N–H and O–H groups in total. The number of rotatable bonds is 1. The van der Waals surface area contributed by atoms with Gasteiger partial charge in [0.15, 0.2) is 10.8 Å². The topological polar surface area (TPSA) is 52.8 Å². The number of aromatic nitrogens is 2. The van der Waals surface area contributed by atoms with Gasteiger partial charge in [0.25, 0.3) is 0 Å². The Kier molecular flexibility index (Phi) is 2.22. The Hall–Kier alpha value is -1.34. The van der Waals surface area contributed by atoms with Crippen LogP contribution < -0.4 is 4.90 Å². The minimum Gasteiger partial charge on any atom is -0.352 e. The van der Waals surface area contributed by atoms with E-state index in [1.807, 2.05) is 6.07 Å². The number of anilines is 1. The van der Waals surface area contributed by atoms with Crippen LogP contribution in [0.5, 0.6) is 0 Å². The van der Waals surface area contributed by atoms with E-state index in [1.54, 1.807) is 6.20 Å². The first-order chi connectivity index (χ1) is 7.78. The number of nitrogens with zero attached hydrogens (tertiary/aromatic N) is 4. The quantitative estimate of drug-likeness (QED) is 0.746. The molecule has 2 atom stereocenters. The molecule has 2 heterocycles. The van der Waals surface area contributed by atoms with Crippen molar-refractivity contribution in [3.8, 4) is 6.07 Å². The average Bonchev–Trinajstić information content (AvgIpc) is 2.90. The molecule has 4 nitrogen and oxygen atoms in total. The van der Waals surface area contributed by atoms with E-state index in [-0.39, 0.29) is 10.8 Å². The van der Waals surface area contributed by atoms with Gasteiger partial charge in [-0.1, -0.05) is 11.6 Å². The summed E-state index contributed by atoms with van der Waals surface area (Å²) in [6, 6.07) is 2.52. The predicted octanol–water partition coefficient (Wildman–Crippen LogP) is 1.99. The summed E-state index contributed by atoms with van der Waals surface area (Å²) < 4.78 is 0. The second kappa shape index (κ2) is 3.60. The molecular formula is C11H11ClN4. The summed E-state index contributed by atoms with van der Waals surface area (Å²) >= 11 is 5.89. The predicted molar refractivity (Wildman–Crippen MR) is 60.2 cm³/mol. The molecule has 0 amide bonds. The van der Waals surface area contributed by atoms with E-state index in [0.29, 0.717) is 6.04 Å². The van der Waals surface area contributed by atoms with Gasteiger partial charge in [0.2, 0.25) is 0 Å². The van der Waals surface area contributed by atoms with Crippen LogP contribution in [0.1, 0.15) is 25.0 Å². The van der Waals surface area contributed by atoms with E-state index in [1.165, 1.54) is 19.3 Å². The number of halogens is 1. The summed E-state index contributed by atoms with van der Waals surface area (Å²) in [7, 11) is 0. The molecule has 0 spiro atoms. The van der Waals surface area contributed by atoms with E-state index >= 15 is 0 Å². The Labute approximate surface area is 98.9 Å². The van der Waals surface area contributed by atoms with E-state index in [0.717, 1.165) is 18.3 Å². The molecule has 0 aromatic carbocycles. The van der Waals surface area contributed by atoms with Crippen molar-refractivity contribution in [2.24, 2.45) is 5.92 Å². The van der Waals surface area contributed by atoms with Gasteiger partial charge in [-0.05, 0) is 25.2 Å². The van der Waals surface area contributed by atoms with Crippen molar-refractivity contribution in [3.63, 3.8) is 0 Å². The fourth-order valence-electron chi connectivity index (χ4n) is 2.78. The molecule has 1 aliphatic carbocycles. The molecule has 1 saturated carbocycles. The van der Waals surface area contributed by atoms with Gasteiger partial charge < -0.3 is 4.90 Å². The van der Waals surface area contributed by atoms with Crippen molar-refractivity contribution in [2.45, 2.75) is 25.3 Å². The fraction of sp³-hybridized carbons (Fsp3) is 0.545. The highest BCUT2D eigenvalue weighted by atomic mass is 35.5. The van der Waals surface area contributed by atoms with Crippen LogP contribution >= 0.6 is 11.6 Å².